The molecule has 0 aliphatic heterocycles. The van der Waals surface area contributed by atoms with Crippen LogP contribution in [-0.4, -0.2) is 6.71 Å². The predicted molar refractivity (Wildman–Crippen MR) is 93.3 cm³/mol. The smallest absolute Gasteiger partial charge is 0.0585 e. The van der Waals surface area contributed by atoms with Crippen LogP contribution in [0.5, 0.6) is 0 Å². The number of fused-ring (bicyclic) bond motifs is 6. The Hall–Kier alpha value is 0.0649. The second-order valence-electron chi connectivity index (χ2n) is 9.89. The van der Waals surface area contributed by atoms with Crippen molar-refractivity contribution in [3.63, 3.8) is 0 Å². The summed E-state index contributed by atoms with van der Waals surface area (Å²) < 4.78 is 27.0. The molecule has 0 spiro atoms. The summed E-state index contributed by atoms with van der Waals surface area (Å²) in [6, 6.07) is 0. The zero-order valence-electron chi connectivity index (χ0n) is 16.9. The fourth-order valence-corrected chi connectivity index (χ4v) is 8.24. The summed E-state index contributed by atoms with van der Waals surface area (Å²) in [6.07, 6.45) is 12.3. The molecule has 0 saturated heterocycles. The maximum Gasteiger partial charge on any atom is 0.150 e. The quantitative estimate of drug-likeness (QED) is 0.556. The Kier molecular flexibility index (Phi) is 2.36. The summed E-state index contributed by atoms with van der Waals surface area (Å²) in [7, 11) is 0. The molecular weight excluding hydrogens is 263 g/mol. The molecule has 6 fully saturated rings. The van der Waals surface area contributed by atoms with Gasteiger partial charge in [0.1, 0.15) is 6.71 Å². The Morgan fingerprint density at radius 3 is 1.18 bits per heavy atom. The monoisotopic (exact) mass is 299 g/mol. The number of hydrogen-bond acceptors (Lipinski definition) is 0. The van der Waals surface area contributed by atoms with E-state index in [4.69, 9.17) is 4.11 Å². The van der Waals surface area contributed by atoms with Crippen LogP contribution >= 0.6 is 0 Å². The van der Waals surface area contributed by atoms with Gasteiger partial charge in [-0.3, -0.25) is 0 Å². The lowest BCUT2D eigenvalue weighted by Crippen LogP contribution is -2.39. The predicted octanol–water partition coefficient (Wildman–Crippen LogP) is 6.05. The van der Waals surface area contributed by atoms with Gasteiger partial charge in [0.25, 0.3) is 0 Å². The molecule has 0 amide bonds. The fraction of sp³-hybridized carbons (Fsp3) is 1.00. The van der Waals surface area contributed by atoms with Crippen molar-refractivity contribution >= 4 is 6.71 Å². The topological polar surface area (TPSA) is 0 Å². The van der Waals surface area contributed by atoms with Crippen molar-refractivity contribution in [2.24, 2.45) is 35.5 Å². The molecule has 0 heterocycles. The second-order valence-corrected chi connectivity index (χ2v) is 9.89. The van der Waals surface area contributed by atoms with Gasteiger partial charge in [-0.15, -0.1) is 0 Å². The van der Waals surface area contributed by atoms with Crippen molar-refractivity contribution in [2.75, 3.05) is 0 Å². The highest BCUT2D eigenvalue weighted by Gasteiger charge is 2.57. The van der Waals surface area contributed by atoms with E-state index in [9.17, 15) is 0 Å². The molecule has 1 heteroatoms. The van der Waals surface area contributed by atoms with Gasteiger partial charge in [0.15, 0.2) is 0 Å². The highest BCUT2D eigenvalue weighted by atomic mass is 14.5. The lowest BCUT2D eigenvalue weighted by atomic mass is 9.23. The van der Waals surface area contributed by atoms with E-state index in [1.54, 1.807) is 0 Å². The second kappa shape index (κ2) is 4.79. The van der Waals surface area contributed by atoms with Gasteiger partial charge in [-0.2, -0.15) is 0 Å². The molecule has 120 valence electrons. The van der Waals surface area contributed by atoms with Crippen LogP contribution in [0.1, 0.15) is 81.1 Å². The largest absolute Gasteiger partial charge is 0.150 e. The highest BCUT2D eigenvalue weighted by Crippen LogP contribution is 2.66. The molecule has 0 aromatic heterocycles. The molecule has 0 N–H and O–H groups in total. The van der Waals surface area contributed by atoms with Gasteiger partial charge >= 0.3 is 0 Å². The van der Waals surface area contributed by atoms with Gasteiger partial charge in [0.05, 0.1) is 0 Å². The molecule has 6 rings (SSSR count). The summed E-state index contributed by atoms with van der Waals surface area (Å²) in [5, 5.41) is 0. The Bertz CT molecular complexity index is 473. The van der Waals surface area contributed by atoms with Crippen molar-refractivity contribution in [3.05, 3.63) is 0 Å². The Morgan fingerprint density at radius 2 is 0.909 bits per heavy atom. The third-order valence-corrected chi connectivity index (χ3v) is 8.99. The standard InChI is InChI=1S/C21H33B/c1-4-16-7-13(1)10-19(16)22(20-11-14-2-5-17(20)8-14)21-12-15-3-6-18(21)9-15/h13-21H,1-12H2/t13-,14-,15-,16+,17+,18+,19+,20+,21+/m0/s1/i10D,11D,12D/t10-,11-,12-,13+,14+,15+,16-,17-,18-,19-,20-,21-/m1. The lowest BCUT2D eigenvalue weighted by Gasteiger charge is -2.42. The number of rotatable bonds is 3. The van der Waals surface area contributed by atoms with Crippen LogP contribution in [0.25, 0.3) is 0 Å². The van der Waals surface area contributed by atoms with E-state index < -0.39 is 0 Å². The van der Waals surface area contributed by atoms with Crippen molar-refractivity contribution in [2.45, 2.75) is 94.4 Å². The van der Waals surface area contributed by atoms with Crippen LogP contribution in [0.4, 0.5) is 0 Å². The molecule has 6 bridgehead atoms. The van der Waals surface area contributed by atoms with E-state index in [1.807, 2.05) is 0 Å². The molecule has 0 radical (unpaired) electrons. The maximum absolute atomic E-state index is 9.01. The van der Waals surface area contributed by atoms with E-state index in [-0.39, 0.29) is 19.2 Å². The molecule has 6 saturated carbocycles. The summed E-state index contributed by atoms with van der Waals surface area (Å²) in [4.78, 5) is 0. The fourth-order valence-electron chi connectivity index (χ4n) is 8.24. The van der Waals surface area contributed by atoms with E-state index in [2.05, 4.69) is 0 Å². The molecule has 0 unspecified atom stereocenters. The Balaban J connectivity index is 1.39. The highest BCUT2D eigenvalue weighted by molar-refractivity contribution is 6.64. The van der Waals surface area contributed by atoms with Gasteiger partial charge in [-0.1, -0.05) is 75.2 Å². The summed E-state index contributed by atoms with van der Waals surface area (Å²) in [5.41, 5.74) is 0. The van der Waals surface area contributed by atoms with Gasteiger partial charge in [0.2, 0.25) is 0 Å². The van der Waals surface area contributed by atoms with Crippen molar-refractivity contribution in [3.8, 4) is 0 Å². The van der Waals surface area contributed by atoms with Crippen LogP contribution in [0.2, 0.25) is 17.5 Å². The van der Waals surface area contributed by atoms with Crippen LogP contribution in [0, 0.1) is 35.5 Å². The first-order chi connectivity index (χ1) is 12.1. The van der Waals surface area contributed by atoms with Crippen molar-refractivity contribution in [1.82, 2.24) is 0 Å². The first-order valence-corrected chi connectivity index (χ1v) is 10.4. The molecule has 6 aliphatic rings. The van der Waals surface area contributed by atoms with Crippen LogP contribution in [0.3, 0.4) is 0 Å². The molecule has 22 heavy (non-hydrogen) atoms. The average molecular weight is 299 g/mol. The minimum atomic E-state index is 0.140. The SMILES string of the molecule is [2H][C@@H]1[C@H]2CC[C@H](C2)[C@@H]1B([C@H]1[C@@H]2CC[C@@H](C2)[C@H]1[2H])[C@H]1[C@@H]2CC[C@@H](C2)[C@H]1[2H]. The molecular formula is C21H33B. The Labute approximate surface area is 141 Å². The van der Waals surface area contributed by atoms with E-state index in [1.165, 1.54) is 57.8 Å². The zero-order chi connectivity index (χ0) is 16.9. The lowest BCUT2D eigenvalue weighted by molar-refractivity contribution is 0.405. The van der Waals surface area contributed by atoms with E-state index in [0.717, 1.165) is 17.8 Å². The van der Waals surface area contributed by atoms with Gasteiger partial charge in [0, 0.05) is 4.11 Å². The summed E-state index contributed by atoms with van der Waals surface area (Å²) in [5.74, 6) is 5.93. The van der Waals surface area contributed by atoms with Crippen molar-refractivity contribution < 1.29 is 4.11 Å². The average Bonchev–Trinajstić information content (AvgIpc) is 3.39. The minimum absolute atomic E-state index is 0.140. The first kappa shape index (κ1) is 10.8. The van der Waals surface area contributed by atoms with Crippen LogP contribution < -0.4 is 0 Å². The molecule has 0 aromatic carbocycles. The van der Waals surface area contributed by atoms with Crippen LogP contribution in [0.15, 0.2) is 0 Å². The van der Waals surface area contributed by atoms with E-state index >= 15 is 0 Å². The van der Waals surface area contributed by atoms with Gasteiger partial charge < -0.3 is 0 Å². The van der Waals surface area contributed by atoms with Gasteiger partial charge in [-0.25, -0.2) is 0 Å². The molecule has 6 aliphatic carbocycles. The zero-order valence-corrected chi connectivity index (χ0v) is 13.9. The molecule has 0 aromatic rings. The van der Waals surface area contributed by atoms with Crippen molar-refractivity contribution in [1.29, 1.82) is 0 Å². The summed E-state index contributed by atoms with van der Waals surface area (Å²) >= 11 is 0. The maximum atomic E-state index is 9.01. The van der Waals surface area contributed by atoms with E-state index in [0.29, 0.717) is 41.9 Å². The minimum Gasteiger partial charge on any atom is -0.0585 e. The third kappa shape index (κ3) is 1.83. The van der Waals surface area contributed by atoms with Gasteiger partial charge in [-0.05, 0) is 54.8 Å². The molecule has 12 atom stereocenters. The van der Waals surface area contributed by atoms with Crippen LogP contribution in [-0.2, 0) is 0 Å². The normalized spacial score (nSPS) is 70.1. The Morgan fingerprint density at radius 1 is 0.545 bits per heavy atom. The first-order valence-electron chi connectivity index (χ1n) is 12.1. The third-order valence-electron chi connectivity index (χ3n) is 8.99. The summed E-state index contributed by atoms with van der Waals surface area (Å²) in [6.45, 7) is 0.563. The molecule has 0 nitrogen and oxygen atoms in total. The number of hydrogen-bond donors (Lipinski definition) is 0.